The van der Waals surface area contributed by atoms with E-state index in [-0.39, 0.29) is 5.15 Å². The zero-order chi connectivity index (χ0) is 20.1. The Morgan fingerprint density at radius 2 is 2.04 bits per heavy atom. The third kappa shape index (κ3) is 4.19. The van der Waals surface area contributed by atoms with Gasteiger partial charge in [-0.1, -0.05) is 29.8 Å². The van der Waals surface area contributed by atoms with Gasteiger partial charge in [0.2, 0.25) is 0 Å². The summed E-state index contributed by atoms with van der Waals surface area (Å²) in [7, 11) is 0. The number of pyridine rings is 1. The number of imidazole rings is 1. The highest BCUT2D eigenvalue weighted by Gasteiger charge is 2.18. The summed E-state index contributed by atoms with van der Waals surface area (Å²) < 4.78 is 6.84. The van der Waals surface area contributed by atoms with Crippen LogP contribution >= 0.6 is 11.6 Å². The molecule has 0 spiro atoms. The van der Waals surface area contributed by atoms with Crippen molar-refractivity contribution in [2.45, 2.75) is 13.0 Å². The van der Waals surface area contributed by atoms with Gasteiger partial charge in [-0.25, -0.2) is 9.78 Å². The summed E-state index contributed by atoms with van der Waals surface area (Å²) in [6.07, 6.45) is 3.36. The minimum atomic E-state index is -1.05. The van der Waals surface area contributed by atoms with Crippen molar-refractivity contribution in [1.29, 1.82) is 5.26 Å². The molecule has 2 heterocycles. The van der Waals surface area contributed by atoms with E-state index in [4.69, 9.17) is 21.6 Å². The predicted molar refractivity (Wildman–Crippen MR) is 105 cm³/mol. The molecule has 2 aromatic heterocycles. The van der Waals surface area contributed by atoms with Crippen molar-refractivity contribution in [3.63, 3.8) is 0 Å². The second-order valence-corrected chi connectivity index (χ2v) is 6.13. The van der Waals surface area contributed by atoms with Crippen molar-refractivity contribution in [3.8, 4) is 6.07 Å². The highest BCUT2D eigenvalue weighted by atomic mass is 35.5. The average Bonchev–Trinajstić information content (AvgIpc) is 3.01. The van der Waals surface area contributed by atoms with Crippen LogP contribution in [0.2, 0.25) is 5.15 Å². The molecule has 0 fully saturated rings. The van der Waals surface area contributed by atoms with E-state index < -0.39 is 18.0 Å². The summed E-state index contributed by atoms with van der Waals surface area (Å²) in [6.45, 7) is 1.44. The smallest absolute Gasteiger partial charge is 0.331 e. The number of hydrogen-bond acceptors (Lipinski definition) is 5. The Balaban J connectivity index is 1.65. The topological polar surface area (TPSA) is 96.5 Å². The van der Waals surface area contributed by atoms with Crippen LogP contribution in [0.3, 0.4) is 0 Å². The van der Waals surface area contributed by atoms with Crippen molar-refractivity contribution in [1.82, 2.24) is 9.38 Å². The van der Waals surface area contributed by atoms with Gasteiger partial charge >= 0.3 is 5.97 Å². The largest absolute Gasteiger partial charge is 0.449 e. The molecule has 7 nitrogen and oxygen atoms in total. The Morgan fingerprint density at radius 3 is 2.82 bits per heavy atom. The number of anilines is 1. The van der Waals surface area contributed by atoms with E-state index in [9.17, 15) is 9.59 Å². The molecular formula is C20H15ClN4O3. The van der Waals surface area contributed by atoms with Crippen molar-refractivity contribution in [3.05, 3.63) is 71.1 Å². The van der Waals surface area contributed by atoms with Gasteiger partial charge in [0.1, 0.15) is 11.7 Å². The fourth-order valence-electron chi connectivity index (χ4n) is 2.47. The van der Waals surface area contributed by atoms with Crippen molar-refractivity contribution < 1.29 is 14.3 Å². The number of amides is 1. The van der Waals surface area contributed by atoms with Gasteiger partial charge in [0.05, 0.1) is 16.9 Å². The zero-order valence-electron chi connectivity index (χ0n) is 14.8. The molecule has 1 N–H and O–H groups in total. The molecule has 0 unspecified atom stereocenters. The average molecular weight is 395 g/mol. The van der Waals surface area contributed by atoms with Crippen LogP contribution in [-0.2, 0) is 14.3 Å². The Hall–Kier alpha value is -3.63. The third-order valence-corrected chi connectivity index (χ3v) is 4.14. The molecule has 0 aliphatic heterocycles. The number of fused-ring (bicyclic) bond motifs is 1. The van der Waals surface area contributed by atoms with Crippen molar-refractivity contribution in [2.75, 3.05) is 5.32 Å². The van der Waals surface area contributed by atoms with E-state index in [2.05, 4.69) is 10.3 Å². The highest BCUT2D eigenvalue weighted by Crippen LogP contribution is 2.19. The molecule has 1 atom stereocenters. The number of para-hydroxylation sites is 1. The van der Waals surface area contributed by atoms with Gasteiger partial charge in [-0.2, -0.15) is 5.26 Å². The summed E-state index contributed by atoms with van der Waals surface area (Å²) >= 11 is 6.10. The Bertz CT molecular complexity index is 1110. The first-order valence-corrected chi connectivity index (χ1v) is 8.68. The lowest BCUT2D eigenvalue weighted by Gasteiger charge is -2.13. The van der Waals surface area contributed by atoms with Crippen LogP contribution in [0, 0.1) is 11.3 Å². The minimum Gasteiger partial charge on any atom is -0.449 e. The lowest BCUT2D eigenvalue weighted by Crippen LogP contribution is -2.29. The van der Waals surface area contributed by atoms with Gasteiger partial charge < -0.3 is 10.1 Å². The van der Waals surface area contributed by atoms with Crippen LogP contribution in [0.5, 0.6) is 0 Å². The van der Waals surface area contributed by atoms with Crippen LogP contribution in [0.15, 0.2) is 54.7 Å². The maximum atomic E-state index is 12.2. The highest BCUT2D eigenvalue weighted by molar-refractivity contribution is 6.31. The summed E-state index contributed by atoms with van der Waals surface area (Å²) in [5.74, 6) is -1.25. The van der Waals surface area contributed by atoms with Crippen molar-refractivity contribution >= 4 is 40.9 Å². The van der Waals surface area contributed by atoms with E-state index in [0.717, 1.165) is 0 Å². The van der Waals surface area contributed by atoms with Gasteiger partial charge in [-0.15, -0.1) is 0 Å². The summed E-state index contributed by atoms with van der Waals surface area (Å²) in [6, 6.07) is 14.0. The molecule has 3 aromatic rings. The number of nitrogens with zero attached hydrogens (tertiary/aromatic N) is 3. The van der Waals surface area contributed by atoms with E-state index >= 15 is 0 Å². The number of rotatable bonds is 5. The summed E-state index contributed by atoms with van der Waals surface area (Å²) in [5, 5.41) is 11.9. The molecule has 28 heavy (non-hydrogen) atoms. The zero-order valence-corrected chi connectivity index (χ0v) is 15.6. The van der Waals surface area contributed by atoms with Crippen LogP contribution in [-0.4, -0.2) is 27.4 Å². The van der Waals surface area contributed by atoms with E-state index in [0.29, 0.717) is 22.6 Å². The van der Waals surface area contributed by atoms with E-state index in [1.807, 2.05) is 18.2 Å². The summed E-state index contributed by atoms with van der Waals surface area (Å²) in [5.41, 5.74) is 1.83. The van der Waals surface area contributed by atoms with Gasteiger partial charge in [0.15, 0.2) is 11.3 Å². The molecule has 0 aliphatic carbocycles. The fourth-order valence-corrected chi connectivity index (χ4v) is 2.71. The monoisotopic (exact) mass is 394 g/mol. The molecule has 0 saturated heterocycles. The second-order valence-electron chi connectivity index (χ2n) is 5.78. The SMILES string of the molecule is C[C@@H](OC(=O)/C=C/c1c(Cl)nc2ccccn12)C(=O)Nc1ccccc1C#N. The van der Waals surface area contributed by atoms with Gasteiger partial charge in [-0.05, 0) is 37.3 Å². The number of hydrogen-bond donors (Lipinski definition) is 1. The second kappa shape index (κ2) is 8.37. The number of esters is 1. The number of nitrogens with one attached hydrogen (secondary N) is 1. The number of carbonyl (C=O) groups is 2. The van der Waals surface area contributed by atoms with Crippen LogP contribution < -0.4 is 5.32 Å². The first-order chi connectivity index (χ1) is 13.5. The number of ether oxygens (including phenoxy) is 1. The molecule has 0 aliphatic rings. The van der Waals surface area contributed by atoms with Crippen LogP contribution in [0.1, 0.15) is 18.2 Å². The molecule has 0 radical (unpaired) electrons. The standard InChI is InChI=1S/C20H15ClN4O3/c1-13(20(27)23-15-7-3-2-6-14(15)12-22)28-18(26)10-9-16-19(21)24-17-8-4-5-11-25(16)17/h2-11,13H,1H3,(H,23,27)/b10-9+/t13-/m1/s1. The van der Waals surface area contributed by atoms with Crippen LogP contribution in [0.25, 0.3) is 11.7 Å². The van der Waals surface area contributed by atoms with Crippen LogP contribution in [0.4, 0.5) is 5.69 Å². The van der Waals surface area contributed by atoms with E-state index in [1.54, 1.807) is 40.9 Å². The molecule has 3 rings (SSSR count). The lowest BCUT2D eigenvalue weighted by molar-refractivity contribution is -0.148. The van der Waals surface area contributed by atoms with E-state index in [1.165, 1.54) is 19.1 Å². The quantitative estimate of drug-likeness (QED) is 0.528. The fraction of sp³-hybridized carbons (Fsp3) is 0.100. The Kier molecular flexibility index (Phi) is 5.72. The number of aromatic nitrogens is 2. The van der Waals surface area contributed by atoms with Gasteiger partial charge in [0.25, 0.3) is 5.91 Å². The Morgan fingerprint density at radius 1 is 1.29 bits per heavy atom. The number of halogens is 1. The normalized spacial score (nSPS) is 11.9. The first-order valence-electron chi connectivity index (χ1n) is 8.31. The molecule has 8 heteroatoms. The first kappa shape index (κ1) is 19.1. The molecule has 0 bridgehead atoms. The van der Waals surface area contributed by atoms with Gasteiger partial charge in [0, 0.05) is 12.3 Å². The minimum absolute atomic E-state index is 0.245. The Labute approximate surface area is 165 Å². The van der Waals surface area contributed by atoms with Crippen molar-refractivity contribution in [2.24, 2.45) is 0 Å². The molecule has 1 aromatic carbocycles. The molecular weight excluding hydrogens is 380 g/mol. The molecule has 0 saturated carbocycles. The number of nitriles is 1. The molecule has 1 amide bonds. The third-order valence-electron chi connectivity index (χ3n) is 3.87. The van der Waals surface area contributed by atoms with Gasteiger partial charge in [-0.3, -0.25) is 9.20 Å². The number of benzene rings is 1. The maximum Gasteiger partial charge on any atom is 0.331 e. The predicted octanol–water partition coefficient (Wildman–Crippen LogP) is 3.44. The number of carbonyl (C=O) groups excluding carboxylic acids is 2. The maximum absolute atomic E-state index is 12.2. The summed E-state index contributed by atoms with van der Waals surface area (Å²) in [4.78, 5) is 28.5. The lowest BCUT2D eigenvalue weighted by atomic mass is 10.2. The molecule has 140 valence electrons.